The highest BCUT2D eigenvalue weighted by Crippen LogP contribution is 2.18. The molecule has 0 bridgehead atoms. The van der Waals surface area contributed by atoms with Crippen LogP contribution in [0, 0.1) is 5.92 Å². The van der Waals surface area contributed by atoms with Gasteiger partial charge in [0, 0.05) is 31.6 Å². The fraction of sp³-hybridized carbons (Fsp3) is 0.267. The van der Waals surface area contributed by atoms with E-state index in [4.69, 9.17) is 0 Å². The van der Waals surface area contributed by atoms with Gasteiger partial charge in [0.15, 0.2) is 0 Å². The monoisotopic (exact) mass is 342 g/mol. The van der Waals surface area contributed by atoms with Crippen LogP contribution < -0.4 is 10.9 Å². The Balaban J connectivity index is 1.55. The molecule has 1 N–H and O–H groups in total. The number of carbonyl (C=O) groups excluding carboxylic acids is 3. The standard InChI is InChI=1S/C15H14N6O4/c22-11(9-21-12(23)4-2-6-18-21)16-7-8-20-14(24)10-3-1-5-17-13(10)19-15(20)25/h1-6,10H,7-9H2,(H,16,22). The maximum atomic E-state index is 12.3. The number of nitrogens with zero attached hydrogens (tertiary/aromatic N) is 5. The van der Waals surface area contributed by atoms with Gasteiger partial charge in [-0.3, -0.25) is 19.3 Å². The lowest BCUT2D eigenvalue weighted by Crippen LogP contribution is -2.49. The summed E-state index contributed by atoms with van der Waals surface area (Å²) in [6, 6.07) is 2.06. The Hall–Kier alpha value is -3.43. The lowest BCUT2D eigenvalue weighted by molar-refractivity contribution is -0.130. The van der Waals surface area contributed by atoms with Crippen molar-refractivity contribution in [3.63, 3.8) is 0 Å². The highest BCUT2D eigenvalue weighted by atomic mass is 16.2. The number of amides is 4. The summed E-state index contributed by atoms with van der Waals surface area (Å²) in [5, 5.41) is 6.31. The zero-order chi connectivity index (χ0) is 17.8. The molecule has 0 aromatic carbocycles. The van der Waals surface area contributed by atoms with Crippen LogP contribution in [-0.4, -0.2) is 57.7 Å². The second-order valence-corrected chi connectivity index (χ2v) is 5.25. The molecular weight excluding hydrogens is 328 g/mol. The molecule has 1 aromatic heterocycles. The average Bonchev–Trinajstić information content (AvgIpc) is 2.60. The number of fused-ring (bicyclic) bond motifs is 1. The van der Waals surface area contributed by atoms with Gasteiger partial charge < -0.3 is 5.32 Å². The zero-order valence-corrected chi connectivity index (χ0v) is 13.0. The first kappa shape index (κ1) is 16.4. The number of amidine groups is 1. The molecule has 10 heteroatoms. The number of aliphatic imine (C=N–C) groups is 2. The largest absolute Gasteiger partial charge is 0.353 e. The molecule has 0 saturated heterocycles. The number of allylic oxidation sites excluding steroid dienone is 1. The van der Waals surface area contributed by atoms with Crippen molar-refractivity contribution in [2.75, 3.05) is 13.1 Å². The van der Waals surface area contributed by atoms with E-state index in [1.807, 2.05) is 0 Å². The molecule has 3 heterocycles. The minimum atomic E-state index is -0.709. The van der Waals surface area contributed by atoms with Crippen molar-refractivity contribution >= 4 is 29.9 Å². The number of urea groups is 1. The predicted molar refractivity (Wildman–Crippen MR) is 87.2 cm³/mol. The summed E-state index contributed by atoms with van der Waals surface area (Å²) < 4.78 is 1.01. The van der Waals surface area contributed by atoms with Gasteiger partial charge in [0.25, 0.3) is 5.56 Å². The van der Waals surface area contributed by atoms with Crippen LogP contribution in [-0.2, 0) is 16.1 Å². The molecule has 1 aromatic rings. The summed E-state index contributed by atoms with van der Waals surface area (Å²) >= 11 is 0. The first-order valence-electron chi connectivity index (χ1n) is 7.50. The van der Waals surface area contributed by atoms with E-state index in [9.17, 15) is 19.2 Å². The molecule has 128 valence electrons. The van der Waals surface area contributed by atoms with Gasteiger partial charge in [0.2, 0.25) is 11.8 Å². The molecule has 2 aliphatic rings. The topological polar surface area (TPSA) is 126 Å². The van der Waals surface area contributed by atoms with Gasteiger partial charge in [-0.1, -0.05) is 6.08 Å². The molecule has 25 heavy (non-hydrogen) atoms. The van der Waals surface area contributed by atoms with Crippen LogP contribution in [0.3, 0.4) is 0 Å². The van der Waals surface area contributed by atoms with Crippen LogP contribution in [0.2, 0.25) is 0 Å². The first-order chi connectivity index (χ1) is 12.1. The maximum Gasteiger partial charge on any atom is 0.352 e. The van der Waals surface area contributed by atoms with Crippen LogP contribution in [0.25, 0.3) is 0 Å². The van der Waals surface area contributed by atoms with Crippen LogP contribution in [0.5, 0.6) is 0 Å². The lowest BCUT2D eigenvalue weighted by atomic mass is 10.0. The second-order valence-electron chi connectivity index (χ2n) is 5.25. The highest BCUT2D eigenvalue weighted by Gasteiger charge is 2.36. The summed E-state index contributed by atoms with van der Waals surface area (Å²) in [7, 11) is 0. The molecule has 3 rings (SSSR count). The van der Waals surface area contributed by atoms with Crippen LogP contribution in [0.4, 0.5) is 4.79 Å². The average molecular weight is 342 g/mol. The lowest BCUT2D eigenvalue weighted by Gasteiger charge is -2.27. The van der Waals surface area contributed by atoms with Crippen LogP contribution >= 0.6 is 0 Å². The van der Waals surface area contributed by atoms with Gasteiger partial charge in [-0.25, -0.2) is 14.5 Å². The number of rotatable bonds is 5. The Morgan fingerprint density at radius 1 is 1.28 bits per heavy atom. The van der Waals surface area contributed by atoms with Crippen LogP contribution in [0.15, 0.2) is 45.3 Å². The van der Waals surface area contributed by atoms with Gasteiger partial charge in [0.1, 0.15) is 18.3 Å². The van der Waals surface area contributed by atoms with E-state index in [0.717, 1.165) is 9.58 Å². The van der Waals surface area contributed by atoms with Gasteiger partial charge in [0.05, 0.1) is 0 Å². The third-order valence-electron chi connectivity index (χ3n) is 3.58. The third kappa shape index (κ3) is 3.57. The normalized spacial score (nSPS) is 18.8. The third-order valence-corrected chi connectivity index (χ3v) is 3.58. The molecular formula is C15H14N6O4. The maximum absolute atomic E-state index is 12.3. The Bertz CT molecular complexity index is 869. The smallest absolute Gasteiger partial charge is 0.352 e. The van der Waals surface area contributed by atoms with Crippen molar-refractivity contribution in [2.24, 2.45) is 15.9 Å². The summed E-state index contributed by atoms with van der Waals surface area (Å²) in [6.07, 6.45) is 6.09. The molecule has 10 nitrogen and oxygen atoms in total. The molecule has 0 aliphatic carbocycles. The van der Waals surface area contributed by atoms with Crippen molar-refractivity contribution in [2.45, 2.75) is 6.54 Å². The fourth-order valence-corrected chi connectivity index (χ4v) is 2.37. The highest BCUT2D eigenvalue weighted by molar-refractivity contribution is 6.19. The van der Waals surface area contributed by atoms with Gasteiger partial charge in [-0.05, 0) is 12.1 Å². The number of dihydropyridines is 1. The van der Waals surface area contributed by atoms with Gasteiger partial charge in [-0.2, -0.15) is 10.1 Å². The van der Waals surface area contributed by atoms with E-state index in [1.54, 1.807) is 12.2 Å². The Morgan fingerprint density at radius 2 is 2.12 bits per heavy atom. The molecule has 1 unspecified atom stereocenters. The van der Waals surface area contributed by atoms with Crippen molar-refractivity contribution in [1.82, 2.24) is 20.0 Å². The van der Waals surface area contributed by atoms with E-state index >= 15 is 0 Å². The van der Waals surface area contributed by atoms with Crippen molar-refractivity contribution in [3.8, 4) is 0 Å². The molecule has 1 atom stereocenters. The SMILES string of the molecule is O=C(Cn1ncccc1=O)NCCN1C(=O)N=C2N=CC=CC2C1=O. The summed E-state index contributed by atoms with van der Waals surface area (Å²) in [5.41, 5.74) is -0.398. The molecule has 2 aliphatic heterocycles. The van der Waals surface area contributed by atoms with E-state index in [-0.39, 0.29) is 25.5 Å². The molecule has 0 fully saturated rings. The van der Waals surface area contributed by atoms with E-state index in [0.29, 0.717) is 0 Å². The Labute approximate surface area is 141 Å². The predicted octanol–water partition coefficient (Wildman–Crippen LogP) is -1.02. The summed E-state index contributed by atoms with van der Waals surface area (Å²) in [4.78, 5) is 56.2. The number of hydrogen-bond acceptors (Lipinski definition) is 6. The van der Waals surface area contributed by atoms with E-state index in [1.165, 1.54) is 24.5 Å². The van der Waals surface area contributed by atoms with Gasteiger partial charge >= 0.3 is 6.03 Å². The molecule has 0 radical (unpaired) electrons. The Kier molecular flexibility index (Phi) is 4.59. The molecule has 0 saturated carbocycles. The quantitative estimate of drug-likeness (QED) is 0.733. The first-order valence-corrected chi connectivity index (χ1v) is 7.50. The second kappa shape index (κ2) is 6.99. The zero-order valence-electron chi connectivity index (χ0n) is 13.0. The van der Waals surface area contributed by atoms with Crippen LogP contribution in [0.1, 0.15) is 0 Å². The van der Waals surface area contributed by atoms with E-state index < -0.39 is 29.3 Å². The number of nitrogens with one attached hydrogen (secondary N) is 1. The van der Waals surface area contributed by atoms with Gasteiger partial charge in [-0.15, -0.1) is 0 Å². The Morgan fingerprint density at radius 3 is 2.92 bits per heavy atom. The number of imide groups is 1. The van der Waals surface area contributed by atoms with Crippen molar-refractivity contribution in [1.29, 1.82) is 0 Å². The van der Waals surface area contributed by atoms with Crippen molar-refractivity contribution in [3.05, 3.63) is 40.8 Å². The molecule has 0 spiro atoms. The van der Waals surface area contributed by atoms with Crippen molar-refractivity contribution < 1.29 is 14.4 Å². The minimum Gasteiger partial charge on any atom is -0.353 e. The number of aromatic nitrogens is 2. The summed E-state index contributed by atoms with van der Waals surface area (Å²) in [5.74, 6) is -1.39. The molecule has 4 amide bonds. The minimum absolute atomic E-state index is 0.0225. The summed E-state index contributed by atoms with van der Waals surface area (Å²) in [6.45, 7) is -0.224. The number of carbonyl (C=O) groups is 3. The fourth-order valence-electron chi connectivity index (χ4n) is 2.37. The number of hydrogen-bond donors (Lipinski definition) is 1. The van der Waals surface area contributed by atoms with E-state index in [2.05, 4.69) is 20.4 Å².